The molecule has 1 N–H and O–H groups in total. The Morgan fingerprint density at radius 3 is 2.73 bits per heavy atom. The fourth-order valence-corrected chi connectivity index (χ4v) is 4.06. The second-order valence-electron chi connectivity index (χ2n) is 6.27. The van der Waals surface area contributed by atoms with Crippen LogP contribution in [0, 0.1) is 0 Å². The predicted molar refractivity (Wildman–Crippen MR) is 114 cm³/mol. The number of ether oxygens (including phenoxy) is 1. The Morgan fingerprint density at radius 2 is 1.93 bits per heavy atom. The third-order valence-corrected chi connectivity index (χ3v) is 5.69. The highest BCUT2D eigenvalue weighted by molar-refractivity contribution is 7.14. The van der Waals surface area contributed by atoms with Crippen molar-refractivity contribution in [2.75, 3.05) is 5.32 Å². The van der Waals surface area contributed by atoms with Crippen LogP contribution in [0.1, 0.15) is 16.5 Å². The lowest BCUT2D eigenvalue weighted by molar-refractivity contribution is -0.144. The summed E-state index contributed by atoms with van der Waals surface area (Å²) in [5.41, 5.74) is 1.44. The van der Waals surface area contributed by atoms with Crippen LogP contribution in [0.4, 0.5) is 5.13 Å². The Kier molecular flexibility index (Phi) is 6.31. The molecule has 0 aliphatic carbocycles. The van der Waals surface area contributed by atoms with Crippen LogP contribution < -0.4 is 5.32 Å². The summed E-state index contributed by atoms with van der Waals surface area (Å²) in [7, 11) is 0. The van der Waals surface area contributed by atoms with E-state index in [2.05, 4.69) is 15.3 Å². The van der Waals surface area contributed by atoms with Crippen molar-refractivity contribution >= 4 is 39.7 Å². The molecule has 0 aliphatic rings. The van der Waals surface area contributed by atoms with Crippen LogP contribution in [0.3, 0.4) is 0 Å². The summed E-state index contributed by atoms with van der Waals surface area (Å²) < 4.78 is 10.8. The van der Waals surface area contributed by atoms with Gasteiger partial charge in [0.05, 0.1) is 24.7 Å². The molecule has 0 aliphatic heterocycles. The number of oxazole rings is 1. The molecule has 0 saturated carbocycles. The smallest absolute Gasteiger partial charge is 0.312 e. The van der Waals surface area contributed by atoms with Gasteiger partial charge in [0.15, 0.2) is 17.5 Å². The number of carbonyl (C=O) groups is 2. The van der Waals surface area contributed by atoms with Gasteiger partial charge >= 0.3 is 5.97 Å². The topological polar surface area (TPSA) is 94.3 Å². The second-order valence-corrected chi connectivity index (χ2v) is 8.16. The van der Waals surface area contributed by atoms with Gasteiger partial charge in [-0.15, -0.1) is 22.7 Å². The van der Waals surface area contributed by atoms with E-state index in [9.17, 15) is 9.59 Å². The fraction of sp³-hybridized carbons (Fsp3) is 0.143. The lowest BCUT2D eigenvalue weighted by Crippen LogP contribution is -2.14. The maximum absolute atomic E-state index is 12.1. The predicted octanol–water partition coefficient (Wildman–Crippen LogP) is 4.33. The molecule has 3 aromatic heterocycles. The normalized spacial score (nSPS) is 10.7. The van der Waals surface area contributed by atoms with Crippen molar-refractivity contribution in [1.29, 1.82) is 0 Å². The summed E-state index contributed by atoms with van der Waals surface area (Å²) in [6, 6.07) is 13.4. The van der Waals surface area contributed by atoms with Crippen molar-refractivity contribution in [3.63, 3.8) is 0 Å². The first-order valence-corrected chi connectivity index (χ1v) is 10.8. The molecule has 0 radical (unpaired) electrons. The highest BCUT2D eigenvalue weighted by atomic mass is 32.1. The Morgan fingerprint density at radius 1 is 1.07 bits per heavy atom. The third-order valence-electron chi connectivity index (χ3n) is 4.01. The van der Waals surface area contributed by atoms with Crippen LogP contribution in [-0.2, 0) is 33.8 Å². The van der Waals surface area contributed by atoms with Crippen LogP contribution in [0.15, 0.2) is 63.8 Å². The van der Waals surface area contributed by atoms with E-state index in [0.717, 1.165) is 10.4 Å². The van der Waals surface area contributed by atoms with E-state index in [1.54, 1.807) is 11.6 Å². The Hall–Kier alpha value is -3.30. The number of aromatic nitrogens is 2. The number of hydrogen-bond donors (Lipinski definition) is 1. The number of anilines is 1. The zero-order chi connectivity index (χ0) is 20.8. The first-order chi connectivity index (χ1) is 14.7. The molecule has 4 aromatic rings. The molecule has 4 rings (SSSR count). The first kappa shape index (κ1) is 20.0. The van der Waals surface area contributed by atoms with Crippen molar-refractivity contribution in [2.24, 2.45) is 0 Å². The van der Waals surface area contributed by atoms with Crippen molar-refractivity contribution in [1.82, 2.24) is 9.97 Å². The summed E-state index contributed by atoms with van der Waals surface area (Å²) in [5.74, 6) is 0.348. The average Bonchev–Trinajstić information content (AvgIpc) is 3.50. The first-order valence-electron chi connectivity index (χ1n) is 9.08. The molecule has 9 heteroatoms. The molecular weight excluding hydrogens is 422 g/mol. The average molecular weight is 440 g/mol. The standard InChI is InChI=1S/C21H17N3O4S2/c25-18(10-16-7-4-8-29-16)24-21-23-15(13-30-21)9-20(26)27-12-19-22-11-17(28-19)14-5-2-1-3-6-14/h1-8,11,13H,9-10,12H2,(H,23,24,25). The van der Waals surface area contributed by atoms with Gasteiger partial charge in [-0.1, -0.05) is 36.4 Å². The summed E-state index contributed by atoms with van der Waals surface area (Å²) in [6.07, 6.45) is 1.91. The highest BCUT2D eigenvalue weighted by Crippen LogP contribution is 2.20. The molecule has 0 atom stereocenters. The number of esters is 1. The van der Waals surface area contributed by atoms with Gasteiger partial charge in [0.25, 0.3) is 0 Å². The van der Waals surface area contributed by atoms with E-state index in [0.29, 0.717) is 28.9 Å². The van der Waals surface area contributed by atoms with Gasteiger partial charge in [-0.3, -0.25) is 9.59 Å². The van der Waals surface area contributed by atoms with Gasteiger partial charge in [-0.05, 0) is 11.4 Å². The molecule has 1 aromatic carbocycles. The van der Waals surface area contributed by atoms with Gasteiger partial charge in [-0.2, -0.15) is 0 Å². The molecular formula is C21H17N3O4S2. The van der Waals surface area contributed by atoms with Gasteiger partial charge in [0, 0.05) is 15.8 Å². The number of amides is 1. The number of hydrogen-bond acceptors (Lipinski definition) is 8. The zero-order valence-corrected chi connectivity index (χ0v) is 17.4. The van der Waals surface area contributed by atoms with E-state index >= 15 is 0 Å². The number of thiazole rings is 1. The zero-order valence-electron chi connectivity index (χ0n) is 15.7. The second kappa shape index (κ2) is 9.47. The van der Waals surface area contributed by atoms with Gasteiger partial charge in [0.2, 0.25) is 11.8 Å². The summed E-state index contributed by atoms with van der Waals surface area (Å²) in [6.45, 7) is -0.0553. The summed E-state index contributed by atoms with van der Waals surface area (Å²) in [4.78, 5) is 33.5. The van der Waals surface area contributed by atoms with E-state index in [1.807, 2.05) is 47.8 Å². The quantitative estimate of drug-likeness (QED) is 0.411. The SMILES string of the molecule is O=C(Cc1cccs1)Nc1nc(CC(=O)OCc2ncc(-c3ccccc3)o2)cs1. The Balaban J connectivity index is 1.25. The van der Waals surface area contributed by atoms with E-state index in [1.165, 1.54) is 22.7 Å². The highest BCUT2D eigenvalue weighted by Gasteiger charge is 2.13. The van der Waals surface area contributed by atoms with Crippen LogP contribution in [0.2, 0.25) is 0 Å². The number of carbonyl (C=O) groups excluding carboxylic acids is 2. The van der Waals surface area contributed by atoms with Crippen LogP contribution in [0.5, 0.6) is 0 Å². The summed E-state index contributed by atoms with van der Waals surface area (Å²) in [5, 5.41) is 6.86. The molecule has 0 unspecified atom stereocenters. The van der Waals surface area contributed by atoms with Crippen molar-refractivity contribution in [3.8, 4) is 11.3 Å². The largest absolute Gasteiger partial charge is 0.455 e. The lowest BCUT2D eigenvalue weighted by atomic mass is 10.2. The van der Waals surface area contributed by atoms with Crippen molar-refractivity contribution in [2.45, 2.75) is 19.4 Å². The Bertz CT molecular complexity index is 1120. The number of rotatable bonds is 8. The number of nitrogens with one attached hydrogen (secondary N) is 1. The molecule has 30 heavy (non-hydrogen) atoms. The minimum absolute atomic E-state index is 0.00352. The van der Waals surface area contributed by atoms with Gasteiger partial charge < -0.3 is 14.5 Å². The number of nitrogens with zero attached hydrogens (tertiary/aromatic N) is 2. The summed E-state index contributed by atoms with van der Waals surface area (Å²) >= 11 is 2.80. The Labute approximate surface area is 180 Å². The molecule has 3 heterocycles. The van der Waals surface area contributed by atoms with Crippen molar-refractivity contribution in [3.05, 3.63) is 75.9 Å². The molecule has 7 nitrogen and oxygen atoms in total. The van der Waals surface area contributed by atoms with E-state index in [4.69, 9.17) is 9.15 Å². The molecule has 1 amide bonds. The number of benzene rings is 1. The molecule has 0 bridgehead atoms. The lowest BCUT2D eigenvalue weighted by Gasteiger charge is -2.01. The third kappa shape index (κ3) is 5.40. The minimum Gasteiger partial charge on any atom is -0.455 e. The molecule has 0 saturated heterocycles. The van der Waals surface area contributed by atoms with Crippen LogP contribution in [-0.4, -0.2) is 21.8 Å². The van der Waals surface area contributed by atoms with Gasteiger partial charge in [0.1, 0.15) is 0 Å². The molecule has 0 fully saturated rings. The van der Waals surface area contributed by atoms with Gasteiger partial charge in [-0.25, -0.2) is 9.97 Å². The molecule has 152 valence electrons. The van der Waals surface area contributed by atoms with E-state index in [-0.39, 0.29) is 18.9 Å². The van der Waals surface area contributed by atoms with Crippen LogP contribution >= 0.6 is 22.7 Å². The van der Waals surface area contributed by atoms with E-state index < -0.39 is 5.97 Å². The van der Waals surface area contributed by atoms with Crippen molar-refractivity contribution < 1.29 is 18.7 Å². The number of thiophene rings is 1. The monoisotopic (exact) mass is 439 g/mol. The fourth-order valence-electron chi connectivity index (χ4n) is 2.63. The maximum Gasteiger partial charge on any atom is 0.312 e. The molecule has 0 spiro atoms. The van der Waals surface area contributed by atoms with Crippen LogP contribution in [0.25, 0.3) is 11.3 Å². The maximum atomic E-state index is 12.1. The minimum atomic E-state index is -0.448.